The summed E-state index contributed by atoms with van der Waals surface area (Å²) < 4.78 is 38.3. The van der Waals surface area contributed by atoms with Crippen LogP contribution in [-0.2, 0) is 42.2 Å². The molecule has 0 aromatic carbocycles. The fourth-order valence-corrected chi connectivity index (χ4v) is 6.69. The maximum absolute atomic E-state index is 12.6. The Morgan fingerprint density at radius 2 is 1.18 bits per heavy atom. The van der Waals surface area contributed by atoms with Gasteiger partial charge in [0.15, 0.2) is 6.10 Å². The molecule has 5 atom stereocenters. The molecule has 12 nitrogen and oxygen atoms in total. The lowest BCUT2D eigenvalue weighted by Gasteiger charge is -2.20. The zero-order valence-electron chi connectivity index (χ0n) is 35.1. The number of carbonyl (C=O) groups excluding carboxylic acids is 2. The number of rotatable bonds is 39. The van der Waals surface area contributed by atoms with E-state index < -0.39 is 51.1 Å². The number of esters is 2. The van der Waals surface area contributed by atoms with Crippen molar-refractivity contribution in [1.29, 1.82) is 0 Å². The summed E-state index contributed by atoms with van der Waals surface area (Å²) >= 11 is 0. The van der Waals surface area contributed by atoms with E-state index in [1.807, 2.05) is 12.2 Å². The van der Waals surface area contributed by atoms with E-state index in [0.29, 0.717) is 31.5 Å². The van der Waals surface area contributed by atoms with E-state index in [1.165, 1.54) is 77.0 Å². The summed E-state index contributed by atoms with van der Waals surface area (Å²) in [5, 5.41) is 8.89. The Kier molecular flexibility index (Phi) is 32.5. The largest absolute Gasteiger partial charge is 0.480 e. The molecule has 0 aromatic rings. The minimum absolute atomic E-state index is 0.0795. The number of unbranched alkanes of at least 4 members (excludes halogenated alkanes) is 14. The number of phosphoric ester groups is 1. The molecule has 0 amide bonds. The van der Waals surface area contributed by atoms with Crippen LogP contribution in [0.2, 0.25) is 0 Å². The van der Waals surface area contributed by atoms with Crippen LogP contribution in [0.5, 0.6) is 0 Å². The Balaban J connectivity index is 2.32. The van der Waals surface area contributed by atoms with Crippen molar-refractivity contribution in [2.45, 2.75) is 192 Å². The normalized spacial score (nSPS) is 17.8. The van der Waals surface area contributed by atoms with Gasteiger partial charge in [0, 0.05) is 12.8 Å². The lowest BCUT2D eigenvalue weighted by atomic mass is 10.1. The average molecular weight is 826 g/mol. The predicted octanol–water partition coefficient (Wildman–Crippen LogP) is 10.4. The van der Waals surface area contributed by atoms with Gasteiger partial charge < -0.3 is 29.9 Å². The number of carbonyl (C=O) groups is 3. The Bertz CT molecular complexity index is 1220. The standard InChI is InChI=1S/C44H76NO11P/c1-3-5-7-8-9-10-11-12-13-14-15-19-22-25-29-33-42(46)52-35-38(36-53-57(50,51)54-37-39(45)44(48)49)55-43(47)34-30-26-23-20-17-16-18-21-24-28-32-41-40(56-41)31-27-6-4-2/h10-11,16,18,20,23-24,28,38-41H,3-9,12-15,17,19,21-22,25-27,29-37,45H2,1-2H3,(H,48,49)(H,50,51)/b11-10-,18-16-,23-20-,28-24-/t38-,39+,40?,41?/m1/s1. The highest BCUT2D eigenvalue weighted by Gasteiger charge is 2.36. The van der Waals surface area contributed by atoms with Crippen molar-refractivity contribution in [1.82, 2.24) is 0 Å². The molecule has 0 spiro atoms. The van der Waals surface area contributed by atoms with Crippen LogP contribution in [0.25, 0.3) is 0 Å². The summed E-state index contributed by atoms with van der Waals surface area (Å²) in [6.45, 7) is 2.69. The molecule has 1 aliphatic heterocycles. The van der Waals surface area contributed by atoms with E-state index in [2.05, 4.69) is 54.8 Å². The molecule has 1 saturated heterocycles. The first kappa shape index (κ1) is 52.4. The van der Waals surface area contributed by atoms with Crippen molar-refractivity contribution in [2.75, 3.05) is 19.8 Å². The van der Waals surface area contributed by atoms with Crippen LogP contribution in [0.4, 0.5) is 0 Å². The SMILES string of the molecule is CCCCCC/C=C\CCCCCCCCCC(=O)OC[C@H](COP(=O)(O)OC[C@H](N)C(=O)O)OC(=O)CCC/C=C\C/C=C\C/C=C\CC1OC1CCCCC. The minimum atomic E-state index is -4.74. The molecule has 1 heterocycles. The Morgan fingerprint density at radius 3 is 1.84 bits per heavy atom. The average Bonchev–Trinajstić information content (AvgIpc) is 3.94. The Morgan fingerprint density at radius 1 is 0.649 bits per heavy atom. The molecule has 0 aromatic heterocycles. The molecule has 1 rings (SSSR count). The summed E-state index contributed by atoms with van der Waals surface area (Å²) in [4.78, 5) is 45.9. The third kappa shape index (κ3) is 33.0. The van der Waals surface area contributed by atoms with E-state index >= 15 is 0 Å². The van der Waals surface area contributed by atoms with Crippen molar-refractivity contribution >= 4 is 25.7 Å². The smallest absolute Gasteiger partial charge is 0.472 e. The second-order valence-corrected chi connectivity index (χ2v) is 16.3. The Hall–Kier alpha value is -2.60. The monoisotopic (exact) mass is 826 g/mol. The van der Waals surface area contributed by atoms with Gasteiger partial charge in [0.25, 0.3) is 0 Å². The van der Waals surface area contributed by atoms with Crippen LogP contribution in [0, 0.1) is 0 Å². The summed E-state index contributed by atoms with van der Waals surface area (Å²) in [5.74, 6) is -2.47. The number of carboxylic acid groups (broad SMARTS) is 1. The first-order valence-corrected chi connectivity index (χ1v) is 23.3. The zero-order chi connectivity index (χ0) is 41.8. The molecule has 328 valence electrons. The second kappa shape index (κ2) is 35.4. The van der Waals surface area contributed by atoms with Crippen LogP contribution in [0.15, 0.2) is 48.6 Å². The fraction of sp³-hybridized carbons (Fsp3) is 0.750. The zero-order valence-corrected chi connectivity index (χ0v) is 36.0. The molecule has 0 aliphatic carbocycles. The van der Waals surface area contributed by atoms with Crippen molar-refractivity contribution in [3.05, 3.63) is 48.6 Å². The van der Waals surface area contributed by atoms with E-state index in [1.54, 1.807) is 0 Å². The van der Waals surface area contributed by atoms with Gasteiger partial charge in [0.05, 0.1) is 25.4 Å². The third-order valence-corrected chi connectivity index (χ3v) is 10.4. The van der Waals surface area contributed by atoms with Gasteiger partial charge in [-0.3, -0.25) is 23.4 Å². The van der Waals surface area contributed by atoms with Gasteiger partial charge in [0.1, 0.15) is 12.6 Å². The molecule has 13 heteroatoms. The predicted molar refractivity (Wildman–Crippen MR) is 226 cm³/mol. The lowest BCUT2D eigenvalue weighted by Crippen LogP contribution is -2.34. The number of ether oxygens (including phenoxy) is 3. The van der Waals surface area contributed by atoms with Gasteiger partial charge in [-0.2, -0.15) is 0 Å². The van der Waals surface area contributed by atoms with E-state index in [0.717, 1.165) is 44.9 Å². The maximum atomic E-state index is 12.6. The van der Waals surface area contributed by atoms with Crippen LogP contribution in [0.3, 0.4) is 0 Å². The summed E-state index contributed by atoms with van der Waals surface area (Å²) in [6.07, 6.45) is 40.7. The summed E-state index contributed by atoms with van der Waals surface area (Å²) in [6, 6.07) is -1.53. The van der Waals surface area contributed by atoms with Gasteiger partial charge in [-0.25, -0.2) is 4.57 Å². The van der Waals surface area contributed by atoms with Gasteiger partial charge in [-0.05, 0) is 70.6 Å². The van der Waals surface area contributed by atoms with Crippen LogP contribution < -0.4 is 5.73 Å². The molecule has 4 N–H and O–H groups in total. The topological polar surface area (TPSA) is 184 Å². The highest BCUT2D eigenvalue weighted by molar-refractivity contribution is 7.47. The molecular formula is C44H76NO11P. The number of nitrogens with two attached hydrogens (primary N) is 1. The minimum Gasteiger partial charge on any atom is -0.480 e. The fourth-order valence-electron chi connectivity index (χ4n) is 5.91. The second-order valence-electron chi connectivity index (χ2n) is 14.9. The van der Waals surface area contributed by atoms with Gasteiger partial charge in [-0.15, -0.1) is 0 Å². The maximum Gasteiger partial charge on any atom is 0.472 e. The number of aliphatic carboxylic acids is 1. The quantitative estimate of drug-likeness (QED) is 0.0175. The number of phosphoric acid groups is 1. The highest BCUT2D eigenvalue weighted by atomic mass is 31.2. The number of allylic oxidation sites excluding steroid dienone is 7. The van der Waals surface area contributed by atoms with Crippen LogP contribution in [-0.4, -0.2) is 72.1 Å². The van der Waals surface area contributed by atoms with Crippen molar-refractivity contribution in [2.24, 2.45) is 5.73 Å². The van der Waals surface area contributed by atoms with Crippen LogP contribution >= 0.6 is 7.82 Å². The molecule has 3 unspecified atom stereocenters. The summed E-state index contributed by atoms with van der Waals surface area (Å²) in [7, 11) is -4.74. The van der Waals surface area contributed by atoms with Crippen molar-refractivity contribution in [3.8, 4) is 0 Å². The molecule has 1 aliphatic rings. The highest BCUT2D eigenvalue weighted by Crippen LogP contribution is 2.43. The lowest BCUT2D eigenvalue weighted by molar-refractivity contribution is -0.161. The number of hydrogen-bond acceptors (Lipinski definition) is 10. The first-order chi connectivity index (χ1) is 27.6. The molecule has 57 heavy (non-hydrogen) atoms. The summed E-state index contributed by atoms with van der Waals surface area (Å²) in [5.41, 5.74) is 5.33. The third-order valence-electron chi connectivity index (χ3n) is 9.47. The molecule has 0 saturated carbocycles. The van der Waals surface area contributed by atoms with E-state index in [-0.39, 0.29) is 19.4 Å². The first-order valence-electron chi connectivity index (χ1n) is 21.8. The van der Waals surface area contributed by atoms with Crippen LogP contribution in [0.1, 0.15) is 168 Å². The van der Waals surface area contributed by atoms with Gasteiger partial charge in [-0.1, -0.05) is 133 Å². The van der Waals surface area contributed by atoms with Gasteiger partial charge >= 0.3 is 25.7 Å². The van der Waals surface area contributed by atoms with Crippen molar-refractivity contribution in [3.63, 3.8) is 0 Å². The van der Waals surface area contributed by atoms with E-state index in [9.17, 15) is 23.8 Å². The van der Waals surface area contributed by atoms with Crippen molar-refractivity contribution < 1.29 is 52.2 Å². The molecule has 0 radical (unpaired) electrons. The number of epoxide rings is 1. The van der Waals surface area contributed by atoms with Gasteiger partial charge in [0.2, 0.25) is 0 Å². The number of hydrogen-bond donors (Lipinski definition) is 3. The number of carboxylic acids is 1. The van der Waals surface area contributed by atoms with E-state index in [4.69, 9.17) is 29.6 Å². The molecule has 0 bridgehead atoms. The molecule has 1 fully saturated rings. The Labute approximate surface area is 343 Å². The molecular weight excluding hydrogens is 749 g/mol.